The summed E-state index contributed by atoms with van der Waals surface area (Å²) in [4.78, 5) is 1.38. The zero-order chi connectivity index (χ0) is 11.5. The van der Waals surface area contributed by atoms with Crippen LogP contribution in [0.3, 0.4) is 0 Å². The molecular weight excluding hydrogens is 206 g/mol. The summed E-state index contributed by atoms with van der Waals surface area (Å²) in [6, 6.07) is 4.21. The van der Waals surface area contributed by atoms with E-state index in [-0.39, 0.29) is 5.54 Å². The first kappa shape index (κ1) is 12.7. The molecule has 0 aromatic carbocycles. The molecule has 15 heavy (non-hydrogen) atoms. The summed E-state index contributed by atoms with van der Waals surface area (Å²) in [5.41, 5.74) is -0.966. The summed E-state index contributed by atoms with van der Waals surface area (Å²) in [7, 11) is 0. The third kappa shape index (κ3) is 3.59. The number of rotatable bonds is 5. The van der Waals surface area contributed by atoms with Gasteiger partial charge < -0.3 is 10.4 Å². The van der Waals surface area contributed by atoms with Crippen molar-refractivity contribution in [2.24, 2.45) is 0 Å². The highest BCUT2D eigenvalue weighted by molar-refractivity contribution is 7.09. The van der Waals surface area contributed by atoms with E-state index in [1.807, 2.05) is 27.7 Å². The molecule has 1 aromatic rings. The SMILES string of the molecule is CC(C)(O)C(C)(C)NCCc1cccs1. The molecule has 0 saturated carbocycles. The molecule has 0 atom stereocenters. The van der Waals surface area contributed by atoms with E-state index < -0.39 is 5.60 Å². The van der Waals surface area contributed by atoms with Crippen molar-refractivity contribution in [3.63, 3.8) is 0 Å². The van der Waals surface area contributed by atoms with Crippen LogP contribution in [0.4, 0.5) is 0 Å². The molecule has 1 rings (SSSR count). The van der Waals surface area contributed by atoms with Crippen LogP contribution in [0, 0.1) is 0 Å². The second-order valence-corrected chi connectivity index (χ2v) is 5.97. The van der Waals surface area contributed by atoms with Gasteiger partial charge in [0.2, 0.25) is 0 Å². The van der Waals surface area contributed by atoms with Crippen LogP contribution in [0.25, 0.3) is 0 Å². The van der Waals surface area contributed by atoms with Gasteiger partial charge in [0.15, 0.2) is 0 Å². The Balaban J connectivity index is 2.37. The fraction of sp³-hybridized carbons (Fsp3) is 0.667. The van der Waals surface area contributed by atoms with Gasteiger partial charge in [0.05, 0.1) is 5.60 Å². The average Bonchev–Trinajstić information content (AvgIpc) is 2.54. The fourth-order valence-corrected chi connectivity index (χ4v) is 1.88. The van der Waals surface area contributed by atoms with Gasteiger partial charge >= 0.3 is 0 Å². The predicted molar refractivity (Wildman–Crippen MR) is 66.4 cm³/mol. The Morgan fingerprint density at radius 2 is 2.00 bits per heavy atom. The van der Waals surface area contributed by atoms with Crippen LogP contribution in [0.5, 0.6) is 0 Å². The summed E-state index contributed by atoms with van der Waals surface area (Å²) in [5, 5.41) is 15.4. The molecule has 0 bridgehead atoms. The van der Waals surface area contributed by atoms with Gasteiger partial charge in [-0.05, 0) is 45.6 Å². The lowest BCUT2D eigenvalue weighted by Crippen LogP contribution is -2.56. The molecule has 0 spiro atoms. The van der Waals surface area contributed by atoms with Gasteiger partial charge in [-0.25, -0.2) is 0 Å². The van der Waals surface area contributed by atoms with Gasteiger partial charge in [-0.15, -0.1) is 11.3 Å². The minimum Gasteiger partial charge on any atom is -0.389 e. The van der Waals surface area contributed by atoms with E-state index in [1.165, 1.54) is 4.88 Å². The molecule has 1 heterocycles. The molecule has 86 valence electrons. The Morgan fingerprint density at radius 3 is 2.47 bits per heavy atom. The lowest BCUT2D eigenvalue weighted by molar-refractivity contribution is -0.00406. The number of thiophene rings is 1. The fourth-order valence-electron chi connectivity index (χ4n) is 1.17. The Morgan fingerprint density at radius 1 is 1.33 bits per heavy atom. The number of hydrogen-bond donors (Lipinski definition) is 2. The van der Waals surface area contributed by atoms with Crippen LogP contribution in [-0.2, 0) is 6.42 Å². The Labute approximate surface area is 96.3 Å². The van der Waals surface area contributed by atoms with Crippen LogP contribution in [-0.4, -0.2) is 22.8 Å². The summed E-state index contributed by atoms with van der Waals surface area (Å²) in [5.74, 6) is 0. The molecule has 2 nitrogen and oxygen atoms in total. The van der Waals surface area contributed by atoms with Crippen LogP contribution in [0.1, 0.15) is 32.6 Å². The molecule has 0 fully saturated rings. The molecule has 0 aliphatic heterocycles. The first-order chi connectivity index (χ1) is 6.83. The highest BCUT2D eigenvalue weighted by Crippen LogP contribution is 2.20. The first-order valence-electron chi connectivity index (χ1n) is 5.33. The van der Waals surface area contributed by atoms with Gasteiger partial charge in [-0.1, -0.05) is 6.07 Å². The maximum Gasteiger partial charge on any atom is 0.0767 e. The number of nitrogens with one attached hydrogen (secondary N) is 1. The highest BCUT2D eigenvalue weighted by Gasteiger charge is 2.33. The van der Waals surface area contributed by atoms with Crippen molar-refractivity contribution in [3.05, 3.63) is 22.4 Å². The predicted octanol–water partition coefficient (Wildman–Crippen LogP) is 2.43. The molecule has 3 heteroatoms. The number of hydrogen-bond acceptors (Lipinski definition) is 3. The smallest absolute Gasteiger partial charge is 0.0767 e. The zero-order valence-electron chi connectivity index (χ0n) is 10.0. The van der Waals surface area contributed by atoms with Crippen molar-refractivity contribution in [2.45, 2.75) is 45.3 Å². The average molecular weight is 227 g/mol. The van der Waals surface area contributed by atoms with E-state index in [2.05, 4.69) is 22.8 Å². The van der Waals surface area contributed by atoms with Crippen molar-refractivity contribution in [1.29, 1.82) is 0 Å². The molecular formula is C12H21NOS. The minimum absolute atomic E-state index is 0.260. The van der Waals surface area contributed by atoms with Crippen molar-refractivity contribution in [3.8, 4) is 0 Å². The Bertz CT molecular complexity index is 285. The van der Waals surface area contributed by atoms with Crippen molar-refractivity contribution in [1.82, 2.24) is 5.32 Å². The van der Waals surface area contributed by atoms with Crippen molar-refractivity contribution >= 4 is 11.3 Å². The summed E-state index contributed by atoms with van der Waals surface area (Å²) in [6.45, 7) is 8.64. The van der Waals surface area contributed by atoms with Crippen molar-refractivity contribution in [2.75, 3.05) is 6.54 Å². The minimum atomic E-state index is -0.706. The standard InChI is InChI=1S/C12H21NOS/c1-11(2,12(3,4)14)13-8-7-10-6-5-9-15-10/h5-6,9,13-14H,7-8H2,1-4H3. The molecule has 0 aliphatic carbocycles. The van der Waals surface area contributed by atoms with E-state index in [0.29, 0.717) is 0 Å². The van der Waals surface area contributed by atoms with E-state index in [0.717, 1.165) is 13.0 Å². The van der Waals surface area contributed by atoms with Crippen LogP contribution in [0.15, 0.2) is 17.5 Å². The molecule has 0 radical (unpaired) electrons. The Kier molecular flexibility index (Phi) is 3.93. The molecule has 0 saturated heterocycles. The van der Waals surface area contributed by atoms with Gasteiger partial charge in [-0.3, -0.25) is 0 Å². The molecule has 2 N–H and O–H groups in total. The topological polar surface area (TPSA) is 32.3 Å². The van der Waals surface area contributed by atoms with Gasteiger partial charge in [0.25, 0.3) is 0 Å². The maximum atomic E-state index is 9.94. The normalized spacial score (nSPS) is 13.1. The highest BCUT2D eigenvalue weighted by atomic mass is 32.1. The zero-order valence-corrected chi connectivity index (χ0v) is 10.8. The molecule has 0 amide bonds. The largest absolute Gasteiger partial charge is 0.389 e. The van der Waals surface area contributed by atoms with Gasteiger partial charge in [0, 0.05) is 17.0 Å². The molecule has 0 unspecified atom stereocenters. The summed E-state index contributed by atoms with van der Waals surface area (Å²) >= 11 is 1.78. The second kappa shape index (κ2) is 4.64. The molecule has 1 aromatic heterocycles. The summed E-state index contributed by atoms with van der Waals surface area (Å²) < 4.78 is 0. The van der Waals surface area contributed by atoms with E-state index >= 15 is 0 Å². The maximum absolute atomic E-state index is 9.94. The van der Waals surface area contributed by atoms with Crippen molar-refractivity contribution < 1.29 is 5.11 Å². The van der Waals surface area contributed by atoms with Crippen LogP contribution < -0.4 is 5.32 Å². The third-order valence-corrected chi connectivity index (χ3v) is 3.98. The van der Waals surface area contributed by atoms with E-state index in [1.54, 1.807) is 11.3 Å². The van der Waals surface area contributed by atoms with E-state index in [4.69, 9.17) is 0 Å². The van der Waals surface area contributed by atoms with E-state index in [9.17, 15) is 5.11 Å². The van der Waals surface area contributed by atoms with Gasteiger partial charge in [0.1, 0.15) is 0 Å². The second-order valence-electron chi connectivity index (χ2n) is 4.94. The quantitative estimate of drug-likeness (QED) is 0.810. The van der Waals surface area contributed by atoms with Gasteiger partial charge in [-0.2, -0.15) is 0 Å². The lowest BCUT2D eigenvalue weighted by atomic mass is 9.86. The van der Waals surface area contributed by atoms with Crippen LogP contribution in [0.2, 0.25) is 0 Å². The van der Waals surface area contributed by atoms with Crippen LogP contribution >= 0.6 is 11.3 Å². The monoisotopic (exact) mass is 227 g/mol. The summed E-state index contributed by atoms with van der Waals surface area (Å²) in [6.07, 6.45) is 1.02. The number of aliphatic hydroxyl groups is 1. The lowest BCUT2D eigenvalue weighted by Gasteiger charge is -2.38. The first-order valence-corrected chi connectivity index (χ1v) is 6.21. The molecule has 0 aliphatic rings. The Hall–Kier alpha value is -0.380. The third-order valence-electron chi connectivity index (χ3n) is 3.05.